The number of hydrogen-bond donors (Lipinski definition) is 1. The lowest BCUT2D eigenvalue weighted by molar-refractivity contribution is 0.0731. The standard InChI is InChI=1S/C18H20N2O2S/c1-11-16-12(5-2-7-14(16)21)19-17(11)18(22)20-9-3-6-13(20)15-8-4-10-23-15/h4,8,10,13,19H,2-3,5-7,9H2,1H3/t13-/m0/s1. The van der Waals surface area contributed by atoms with Crippen LogP contribution in [-0.2, 0) is 6.42 Å². The predicted octanol–water partition coefficient (Wildman–Crippen LogP) is 3.88. The number of Topliss-reactive ketones (excluding diaryl/α,β-unsaturated/α-hetero) is 1. The van der Waals surface area contributed by atoms with Crippen molar-refractivity contribution in [2.24, 2.45) is 0 Å². The van der Waals surface area contributed by atoms with E-state index in [2.05, 4.69) is 16.4 Å². The molecule has 4 nitrogen and oxygen atoms in total. The second-order valence-corrected chi connectivity index (χ2v) is 7.41. The number of thiophene rings is 1. The Hall–Kier alpha value is -1.88. The number of carbonyl (C=O) groups is 2. The Balaban J connectivity index is 1.68. The van der Waals surface area contributed by atoms with Crippen LogP contribution < -0.4 is 0 Å². The monoisotopic (exact) mass is 328 g/mol. The third kappa shape index (κ3) is 2.34. The largest absolute Gasteiger partial charge is 0.354 e. The summed E-state index contributed by atoms with van der Waals surface area (Å²) < 4.78 is 0. The minimum atomic E-state index is 0.0422. The summed E-state index contributed by atoms with van der Waals surface area (Å²) in [5.74, 6) is 0.218. The van der Waals surface area contributed by atoms with Crippen LogP contribution >= 0.6 is 11.3 Å². The van der Waals surface area contributed by atoms with E-state index in [9.17, 15) is 9.59 Å². The van der Waals surface area contributed by atoms with Gasteiger partial charge in [0.05, 0.1) is 6.04 Å². The minimum Gasteiger partial charge on any atom is -0.354 e. The fourth-order valence-electron chi connectivity index (χ4n) is 3.92. The Morgan fingerprint density at radius 3 is 2.96 bits per heavy atom. The number of ketones is 1. The molecule has 120 valence electrons. The highest BCUT2D eigenvalue weighted by molar-refractivity contribution is 7.10. The van der Waals surface area contributed by atoms with Crippen molar-refractivity contribution in [2.45, 2.75) is 45.1 Å². The number of nitrogens with one attached hydrogen (secondary N) is 1. The third-order valence-corrected chi connectivity index (χ3v) is 6.01. The van der Waals surface area contributed by atoms with E-state index < -0.39 is 0 Å². The van der Waals surface area contributed by atoms with Crippen molar-refractivity contribution in [3.8, 4) is 0 Å². The molecule has 1 amide bonds. The van der Waals surface area contributed by atoms with E-state index in [1.165, 1.54) is 4.88 Å². The number of carbonyl (C=O) groups excluding carboxylic acids is 2. The summed E-state index contributed by atoms with van der Waals surface area (Å²) >= 11 is 1.71. The molecule has 2 aromatic heterocycles. The average Bonchev–Trinajstić information content (AvgIpc) is 3.26. The van der Waals surface area contributed by atoms with Gasteiger partial charge in [0.25, 0.3) is 5.91 Å². The van der Waals surface area contributed by atoms with Crippen LogP contribution in [0.15, 0.2) is 17.5 Å². The van der Waals surface area contributed by atoms with Crippen molar-refractivity contribution in [1.82, 2.24) is 9.88 Å². The van der Waals surface area contributed by atoms with Crippen LogP contribution in [0.5, 0.6) is 0 Å². The lowest BCUT2D eigenvalue weighted by Crippen LogP contribution is -2.31. The fraction of sp³-hybridized carbons (Fsp3) is 0.444. The molecule has 0 unspecified atom stereocenters. The summed E-state index contributed by atoms with van der Waals surface area (Å²) in [6, 6.07) is 4.33. The van der Waals surface area contributed by atoms with Crippen molar-refractivity contribution in [2.75, 3.05) is 6.54 Å². The zero-order valence-corrected chi connectivity index (χ0v) is 14.0. The molecule has 1 atom stereocenters. The van der Waals surface area contributed by atoms with Gasteiger partial charge in [-0.25, -0.2) is 0 Å². The maximum absolute atomic E-state index is 13.1. The number of nitrogens with zero attached hydrogens (tertiary/aromatic N) is 1. The topological polar surface area (TPSA) is 53.2 Å². The Bertz CT molecular complexity index is 760. The van der Waals surface area contributed by atoms with Crippen molar-refractivity contribution in [3.05, 3.63) is 44.9 Å². The molecule has 5 heteroatoms. The van der Waals surface area contributed by atoms with Gasteiger partial charge >= 0.3 is 0 Å². The Labute approximate surface area is 139 Å². The molecule has 0 saturated carbocycles. The van der Waals surface area contributed by atoms with Gasteiger partial charge in [-0.1, -0.05) is 6.07 Å². The van der Waals surface area contributed by atoms with Gasteiger partial charge in [0.2, 0.25) is 0 Å². The van der Waals surface area contributed by atoms with Crippen LogP contribution in [0.25, 0.3) is 0 Å². The number of rotatable bonds is 2. The first-order valence-electron chi connectivity index (χ1n) is 8.26. The van der Waals surface area contributed by atoms with Gasteiger partial charge < -0.3 is 9.88 Å². The molecular formula is C18H20N2O2S. The van der Waals surface area contributed by atoms with Crippen LogP contribution in [0.2, 0.25) is 0 Å². The number of aromatic amines is 1. The van der Waals surface area contributed by atoms with E-state index in [0.717, 1.165) is 49.0 Å². The van der Waals surface area contributed by atoms with E-state index in [1.54, 1.807) is 11.3 Å². The number of aryl methyl sites for hydroxylation is 1. The first-order chi connectivity index (χ1) is 11.2. The highest BCUT2D eigenvalue weighted by Crippen LogP contribution is 2.36. The first kappa shape index (κ1) is 14.7. The number of aromatic nitrogens is 1. The molecule has 0 radical (unpaired) electrons. The van der Waals surface area contributed by atoms with Crippen molar-refractivity contribution >= 4 is 23.0 Å². The zero-order valence-electron chi connectivity index (χ0n) is 13.2. The Morgan fingerprint density at radius 2 is 2.22 bits per heavy atom. The summed E-state index contributed by atoms with van der Waals surface area (Å²) in [4.78, 5) is 31.7. The molecule has 23 heavy (non-hydrogen) atoms. The van der Waals surface area contributed by atoms with Crippen molar-refractivity contribution in [3.63, 3.8) is 0 Å². The summed E-state index contributed by atoms with van der Waals surface area (Å²) in [6.07, 6.45) is 4.39. The van der Waals surface area contributed by atoms with E-state index >= 15 is 0 Å². The highest BCUT2D eigenvalue weighted by Gasteiger charge is 2.34. The van der Waals surface area contributed by atoms with E-state index in [4.69, 9.17) is 0 Å². The summed E-state index contributed by atoms with van der Waals surface area (Å²) in [6.45, 7) is 2.69. The summed E-state index contributed by atoms with van der Waals surface area (Å²) in [5, 5.41) is 2.06. The lowest BCUT2D eigenvalue weighted by Gasteiger charge is -2.23. The van der Waals surface area contributed by atoms with Crippen molar-refractivity contribution in [1.29, 1.82) is 0 Å². The molecule has 0 bridgehead atoms. The Kier molecular flexibility index (Phi) is 3.60. The summed E-state index contributed by atoms with van der Waals surface area (Å²) in [5.41, 5.74) is 3.18. The van der Waals surface area contributed by atoms with E-state index in [-0.39, 0.29) is 17.7 Å². The second kappa shape index (κ2) is 5.64. The van der Waals surface area contributed by atoms with Gasteiger partial charge in [-0.3, -0.25) is 9.59 Å². The van der Waals surface area contributed by atoms with Gasteiger partial charge in [-0.05, 0) is 49.6 Å². The number of H-pyrrole nitrogens is 1. The molecular weight excluding hydrogens is 308 g/mol. The molecule has 1 saturated heterocycles. The molecule has 4 rings (SSSR count). The number of likely N-dealkylation sites (tertiary alicyclic amines) is 1. The number of amides is 1. The molecule has 1 aliphatic carbocycles. The zero-order chi connectivity index (χ0) is 16.0. The molecule has 2 aliphatic rings. The number of hydrogen-bond acceptors (Lipinski definition) is 3. The van der Waals surface area contributed by atoms with Crippen LogP contribution in [0.1, 0.15) is 68.7 Å². The highest BCUT2D eigenvalue weighted by atomic mass is 32.1. The molecule has 2 aromatic rings. The maximum Gasteiger partial charge on any atom is 0.271 e. The van der Waals surface area contributed by atoms with E-state index in [1.807, 2.05) is 17.9 Å². The van der Waals surface area contributed by atoms with Gasteiger partial charge in [0.1, 0.15) is 5.69 Å². The van der Waals surface area contributed by atoms with Crippen LogP contribution in [-0.4, -0.2) is 28.1 Å². The van der Waals surface area contributed by atoms with Gasteiger partial charge in [-0.2, -0.15) is 0 Å². The van der Waals surface area contributed by atoms with E-state index in [0.29, 0.717) is 12.1 Å². The quantitative estimate of drug-likeness (QED) is 0.909. The lowest BCUT2D eigenvalue weighted by atomic mass is 9.93. The van der Waals surface area contributed by atoms with Gasteiger partial charge in [0.15, 0.2) is 5.78 Å². The molecule has 0 aromatic carbocycles. The fourth-order valence-corrected chi connectivity index (χ4v) is 4.79. The normalized spacial score (nSPS) is 20.8. The molecule has 1 aliphatic heterocycles. The molecule has 0 spiro atoms. The Morgan fingerprint density at radius 1 is 1.35 bits per heavy atom. The van der Waals surface area contributed by atoms with Gasteiger partial charge in [-0.15, -0.1) is 11.3 Å². The minimum absolute atomic E-state index is 0.0422. The predicted molar refractivity (Wildman–Crippen MR) is 90.1 cm³/mol. The molecule has 3 heterocycles. The van der Waals surface area contributed by atoms with Crippen LogP contribution in [0, 0.1) is 6.92 Å². The third-order valence-electron chi connectivity index (χ3n) is 5.04. The average molecular weight is 328 g/mol. The van der Waals surface area contributed by atoms with Gasteiger partial charge in [0, 0.05) is 29.1 Å². The molecule has 1 fully saturated rings. The van der Waals surface area contributed by atoms with Crippen LogP contribution in [0.3, 0.4) is 0 Å². The first-order valence-corrected chi connectivity index (χ1v) is 9.14. The SMILES string of the molecule is Cc1c(C(=O)N2CCC[C@H]2c2cccs2)[nH]c2c1C(=O)CCC2. The van der Waals surface area contributed by atoms with Crippen molar-refractivity contribution < 1.29 is 9.59 Å². The van der Waals surface area contributed by atoms with Crippen LogP contribution in [0.4, 0.5) is 0 Å². The smallest absolute Gasteiger partial charge is 0.271 e. The number of fused-ring (bicyclic) bond motifs is 1. The second-order valence-electron chi connectivity index (χ2n) is 6.43. The maximum atomic E-state index is 13.1. The molecule has 1 N–H and O–H groups in total. The summed E-state index contributed by atoms with van der Waals surface area (Å²) in [7, 11) is 0.